The van der Waals surface area contributed by atoms with Crippen molar-refractivity contribution in [2.45, 2.75) is 32.6 Å². The Morgan fingerprint density at radius 3 is 2.11 bits per heavy atom. The summed E-state index contributed by atoms with van der Waals surface area (Å²) in [5.41, 5.74) is 3.15. The van der Waals surface area contributed by atoms with Gasteiger partial charge in [0.2, 0.25) is 0 Å². The van der Waals surface area contributed by atoms with Crippen LogP contribution in [-0.2, 0) is 16.0 Å². The van der Waals surface area contributed by atoms with Gasteiger partial charge in [-0.1, -0.05) is 50.2 Å². The molecular weight excluding hydrogens is 342 g/mol. The zero-order valence-electron chi connectivity index (χ0n) is 15.6. The molecule has 0 spiro atoms. The van der Waals surface area contributed by atoms with E-state index in [1.165, 1.54) is 5.56 Å². The second kappa shape index (κ2) is 8.16. The number of hydrogen-bond donors (Lipinski definition) is 0. The molecule has 2 amide bonds. The van der Waals surface area contributed by atoms with E-state index in [1.807, 2.05) is 12.1 Å². The second-order valence-corrected chi connectivity index (χ2v) is 6.92. The Balaban J connectivity index is 1.44. The van der Waals surface area contributed by atoms with Crippen molar-refractivity contribution in [2.24, 2.45) is 0 Å². The fourth-order valence-corrected chi connectivity index (χ4v) is 3.08. The maximum Gasteiger partial charge on any atom is 0.306 e. The SMILES string of the molecule is CC(C)c1ccc(CCC(=O)OCCN2C(=O)c3ccccc3C2=O)cc1. The summed E-state index contributed by atoms with van der Waals surface area (Å²) in [6.45, 7) is 4.36. The van der Waals surface area contributed by atoms with Crippen molar-refractivity contribution in [2.75, 3.05) is 13.2 Å². The highest BCUT2D eigenvalue weighted by Gasteiger charge is 2.34. The number of rotatable bonds is 7. The van der Waals surface area contributed by atoms with Crippen LogP contribution >= 0.6 is 0 Å². The van der Waals surface area contributed by atoms with Gasteiger partial charge in [0.1, 0.15) is 6.61 Å². The molecule has 1 heterocycles. The average molecular weight is 365 g/mol. The Labute approximate surface area is 158 Å². The molecule has 0 aliphatic carbocycles. The van der Waals surface area contributed by atoms with Crippen LogP contribution in [0.25, 0.3) is 0 Å². The van der Waals surface area contributed by atoms with Gasteiger partial charge >= 0.3 is 5.97 Å². The highest BCUT2D eigenvalue weighted by molar-refractivity contribution is 6.21. The molecule has 140 valence electrons. The second-order valence-electron chi connectivity index (χ2n) is 6.92. The fraction of sp³-hybridized carbons (Fsp3) is 0.318. The van der Waals surface area contributed by atoms with E-state index in [0.717, 1.165) is 10.5 Å². The van der Waals surface area contributed by atoms with Crippen LogP contribution in [0.3, 0.4) is 0 Å². The summed E-state index contributed by atoms with van der Waals surface area (Å²) < 4.78 is 5.20. The Kier molecular flexibility index (Phi) is 5.69. The molecule has 0 atom stereocenters. The lowest BCUT2D eigenvalue weighted by atomic mass is 10.0. The fourth-order valence-electron chi connectivity index (χ4n) is 3.08. The molecule has 0 aromatic heterocycles. The van der Waals surface area contributed by atoms with Crippen molar-refractivity contribution in [1.29, 1.82) is 0 Å². The molecule has 2 aromatic rings. The van der Waals surface area contributed by atoms with Gasteiger partial charge in [-0.05, 0) is 35.6 Å². The number of hydrogen-bond acceptors (Lipinski definition) is 4. The first-order valence-corrected chi connectivity index (χ1v) is 9.17. The molecule has 3 rings (SSSR count). The summed E-state index contributed by atoms with van der Waals surface area (Å²) in [4.78, 5) is 37.5. The number of carbonyl (C=O) groups excluding carboxylic acids is 3. The minimum absolute atomic E-state index is 0.0105. The quantitative estimate of drug-likeness (QED) is 0.556. The van der Waals surface area contributed by atoms with E-state index in [4.69, 9.17) is 4.74 Å². The number of fused-ring (bicyclic) bond motifs is 1. The first-order chi connectivity index (χ1) is 13.0. The highest BCUT2D eigenvalue weighted by atomic mass is 16.5. The normalized spacial score (nSPS) is 13.2. The van der Waals surface area contributed by atoms with Gasteiger partial charge in [0.15, 0.2) is 0 Å². The molecule has 2 aromatic carbocycles. The van der Waals surface area contributed by atoms with E-state index in [-0.39, 0.29) is 37.4 Å². The average Bonchev–Trinajstić information content (AvgIpc) is 2.92. The van der Waals surface area contributed by atoms with E-state index in [9.17, 15) is 14.4 Å². The Bertz CT molecular complexity index is 820. The smallest absolute Gasteiger partial charge is 0.306 e. The summed E-state index contributed by atoms with van der Waals surface area (Å²) in [5, 5.41) is 0. The summed E-state index contributed by atoms with van der Waals surface area (Å²) in [7, 11) is 0. The molecule has 0 unspecified atom stereocenters. The third-order valence-corrected chi connectivity index (χ3v) is 4.72. The first kappa shape index (κ1) is 18.8. The van der Waals surface area contributed by atoms with Gasteiger partial charge in [-0.2, -0.15) is 0 Å². The molecule has 0 N–H and O–H groups in total. The number of carbonyl (C=O) groups is 3. The molecular formula is C22H23NO4. The van der Waals surface area contributed by atoms with Gasteiger partial charge in [0.25, 0.3) is 11.8 Å². The number of esters is 1. The Hall–Kier alpha value is -2.95. The van der Waals surface area contributed by atoms with Gasteiger partial charge < -0.3 is 4.74 Å². The number of imide groups is 1. The summed E-state index contributed by atoms with van der Waals surface area (Å²) >= 11 is 0. The molecule has 5 heteroatoms. The van der Waals surface area contributed by atoms with Crippen molar-refractivity contribution >= 4 is 17.8 Å². The summed E-state index contributed by atoms with van der Waals surface area (Å²) in [5.74, 6) is -0.528. The number of aryl methyl sites for hydroxylation is 1. The van der Waals surface area contributed by atoms with Crippen molar-refractivity contribution in [3.63, 3.8) is 0 Å². The van der Waals surface area contributed by atoms with Crippen molar-refractivity contribution in [3.8, 4) is 0 Å². The van der Waals surface area contributed by atoms with Crippen LogP contribution in [0.2, 0.25) is 0 Å². The number of ether oxygens (including phenoxy) is 1. The van der Waals surface area contributed by atoms with Crippen molar-refractivity contribution in [1.82, 2.24) is 4.90 Å². The standard InChI is InChI=1S/C22H23NO4/c1-15(2)17-10-7-16(8-11-17)9-12-20(24)27-14-13-23-21(25)18-5-3-4-6-19(18)22(23)26/h3-8,10-11,15H,9,12-14H2,1-2H3. The van der Waals surface area contributed by atoms with Crippen molar-refractivity contribution in [3.05, 3.63) is 70.8 Å². The van der Waals surface area contributed by atoms with Gasteiger partial charge in [-0.15, -0.1) is 0 Å². The van der Waals surface area contributed by atoms with Crippen LogP contribution in [0.15, 0.2) is 48.5 Å². The molecule has 0 bridgehead atoms. The number of nitrogens with zero attached hydrogens (tertiary/aromatic N) is 1. The zero-order chi connectivity index (χ0) is 19.4. The lowest BCUT2D eigenvalue weighted by Crippen LogP contribution is -2.33. The summed E-state index contributed by atoms with van der Waals surface area (Å²) in [6, 6.07) is 14.9. The molecule has 0 fully saturated rings. The Morgan fingerprint density at radius 2 is 1.56 bits per heavy atom. The molecule has 5 nitrogen and oxygen atoms in total. The van der Waals surface area contributed by atoms with Gasteiger partial charge in [-0.3, -0.25) is 19.3 Å². The van der Waals surface area contributed by atoms with Crippen LogP contribution < -0.4 is 0 Å². The largest absolute Gasteiger partial charge is 0.464 e. The highest BCUT2D eigenvalue weighted by Crippen LogP contribution is 2.22. The van der Waals surface area contributed by atoms with E-state index in [1.54, 1.807) is 24.3 Å². The Morgan fingerprint density at radius 1 is 0.963 bits per heavy atom. The number of benzene rings is 2. The minimum Gasteiger partial charge on any atom is -0.464 e. The van der Waals surface area contributed by atoms with Crippen LogP contribution in [0, 0.1) is 0 Å². The van der Waals surface area contributed by atoms with E-state index >= 15 is 0 Å². The predicted octanol–water partition coefficient (Wildman–Crippen LogP) is 3.58. The monoisotopic (exact) mass is 365 g/mol. The topological polar surface area (TPSA) is 63.7 Å². The third-order valence-electron chi connectivity index (χ3n) is 4.72. The zero-order valence-corrected chi connectivity index (χ0v) is 15.6. The molecule has 1 aliphatic heterocycles. The summed E-state index contributed by atoms with van der Waals surface area (Å²) in [6.07, 6.45) is 0.868. The van der Waals surface area contributed by atoms with Gasteiger partial charge in [0.05, 0.1) is 17.7 Å². The maximum atomic E-state index is 12.2. The van der Waals surface area contributed by atoms with Gasteiger partial charge in [0, 0.05) is 6.42 Å². The molecule has 0 saturated heterocycles. The third kappa shape index (κ3) is 4.25. The predicted molar refractivity (Wildman–Crippen MR) is 102 cm³/mol. The molecule has 1 aliphatic rings. The van der Waals surface area contributed by atoms with Crippen LogP contribution in [0.1, 0.15) is 58.0 Å². The van der Waals surface area contributed by atoms with Crippen molar-refractivity contribution < 1.29 is 19.1 Å². The lowest BCUT2D eigenvalue weighted by Gasteiger charge is -2.13. The maximum absolute atomic E-state index is 12.2. The number of amides is 2. The first-order valence-electron chi connectivity index (χ1n) is 9.17. The van der Waals surface area contributed by atoms with Crippen LogP contribution in [0.4, 0.5) is 0 Å². The molecule has 0 saturated carbocycles. The van der Waals surface area contributed by atoms with E-state index in [0.29, 0.717) is 23.5 Å². The molecule has 0 radical (unpaired) electrons. The van der Waals surface area contributed by atoms with Crippen LogP contribution in [-0.4, -0.2) is 35.8 Å². The van der Waals surface area contributed by atoms with Gasteiger partial charge in [-0.25, -0.2) is 0 Å². The lowest BCUT2D eigenvalue weighted by molar-refractivity contribution is -0.143. The van der Waals surface area contributed by atoms with E-state index in [2.05, 4.69) is 26.0 Å². The van der Waals surface area contributed by atoms with Crippen LogP contribution in [0.5, 0.6) is 0 Å². The molecule has 27 heavy (non-hydrogen) atoms. The minimum atomic E-state index is -0.336. The van der Waals surface area contributed by atoms with E-state index < -0.39 is 0 Å².